The third-order valence-electron chi connectivity index (χ3n) is 3.11. The van der Waals surface area contributed by atoms with E-state index in [0.29, 0.717) is 6.54 Å². The minimum atomic E-state index is -0.776. The highest BCUT2D eigenvalue weighted by atomic mass is 16.3. The van der Waals surface area contributed by atoms with Gasteiger partial charge in [0.15, 0.2) is 0 Å². The van der Waals surface area contributed by atoms with Crippen molar-refractivity contribution in [3.05, 3.63) is 24.5 Å². The summed E-state index contributed by atoms with van der Waals surface area (Å²) < 4.78 is 1.66. The number of aromatic nitrogens is 2. The van der Waals surface area contributed by atoms with Crippen LogP contribution < -0.4 is 5.32 Å². The zero-order chi connectivity index (χ0) is 12.4. The van der Waals surface area contributed by atoms with Gasteiger partial charge in [0.2, 0.25) is 0 Å². The molecule has 0 aliphatic carbocycles. The van der Waals surface area contributed by atoms with Gasteiger partial charge in [0.1, 0.15) is 0 Å². The Morgan fingerprint density at radius 2 is 2.12 bits per heavy atom. The number of nitrogens with one attached hydrogen (secondary N) is 1. The Bertz CT molecular complexity index is 361. The molecule has 0 amide bonds. The van der Waals surface area contributed by atoms with Crippen LogP contribution in [0.3, 0.4) is 0 Å². The summed E-state index contributed by atoms with van der Waals surface area (Å²) in [7, 11) is 0. The predicted molar refractivity (Wildman–Crippen MR) is 65.8 cm³/mol. The number of hydrogen-bond donors (Lipinski definition) is 2. The molecule has 0 fully saturated rings. The molecule has 1 aromatic rings. The van der Waals surface area contributed by atoms with Gasteiger partial charge in [-0.15, -0.1) is 0 Å². The van der Waals surface area contributed by atoms with Gasteiger partial charge in [0, 0.05) is 30.0 Å². The van der Waals surface area contributed by atoms with Crippen molar-refractivity contribution in [3.63, 3.8) is 0 Å². The van der Waals surface area contributed by atoms with Gasteiger partial charge in [-0.1, -0.05) is 6.58 Å². The molecule has 16 heavy (non-hydrogen) atoms. The monoisotopic (exact) mass is 223 g/mol. The van der Waals surface area contributed by atoms with Crippen molar-refractivity contribution in [1.29, 1.82) is 0 Å². The molecule has 0 radical (unpaired) electrons. The van der Waals surface area contributed by atoms with Gasteiger partial charge in [0.05, 0.1) is 11.8 Å². The maximum atomic E-state index is 9.98. The lowest BCUT2D eigenvalue weighted by atomic mass is 9.86. The van der Waals surface area contributed by atoms with Crippen LogP contribution in [0.1, 0.15) is 33.3 Å². The van der Waals surface area contributed by atoms with E-state index < -0.39 is 5.60 Å². The van der Waals surface area contributed by atoms with E-state index in [9.17, 15) is 5.11 Å². The summed E-state index contributed by atoms with van der Waals surface area (Å²) in [5, 5.41) is 17.4. The van der Waals surface area contributed by atoms with Crippen LogP contribution in [0.25, 0.3) is 6.20 Å². The van der Waals surface area contributed by atoms with E-state index in [1.54, 1.807) is 30.9 Å². The van der Waals surface area contributed by atoms with Crippen LogP contribution in [0, 0.1) is 0 Å². The fourth-order valence-corrected chi connectivity index (χ4v) is 1.11. The van der Waals surface area contributed by atoms with Crippen LogP contribution in [0.15, 0.2) is 19.0 Å². The first-order valence-electron chi connectivity index (χ1n) is 5.39. The SMILES string of the molecule is C=Cn1cc(CNC(C)(C)C(C)(C)O)cn1. The van der Waals surface area contributed by atoms with E-state index in [1.807, 2.05) is 20.0 Å². The van der Waals surface area contributed by atoms with Gasteiger partial charge in [-0.05, 0) is 27.7 Å². The van der Waals surface area contributed by atoms with Crippen LogP contribution in [0.4, 0.5) is 0 Å². The maximum absolute atomic E-state index is 9.98. The zero-order valence-corrected chi connectivity index (χ0v) is 10.5. The highest BCUT2D eigenvalue weighted by Crippen LogP contribution is 2.20. The zero-order valence-electron chi connectivity index (χ0n) is 10.5. The molecule has 0 aliphatic heterocycles. The third-order valence-corrected chi connectivity index (χ3v) is 3.11. The van der Waals surface area contributed by atoms with Gasteiger partial charge in [-0.2, -0.15) is 5.10 Å². The molecule has 1 aromatic heterocycles. The summed E-state index contributed by atoms with van der Waals surface area (Å²) in [5.74, 6) is 0. The minimum Gasteiger partial charge on any atom is -0.389 e. The lowest BCUT2D eigenvalue weighted by Crippen LogP contribution is -2.55. The van der Waals surface area contributed by atoms with Gasteiger partial charge in [0.25, 0.3) is 0 Å². The summed E-state index contributed by atoms with van der Waals surface area (Å²) in [5.41, 5.74) is -0.0673. The summed E-state index contributed by atoms with van der Waals surface area (Å²) in [4.78, 5) is 0. The lowest BCUT2D eigenvalue weighted by Gasteiger charge is -2.38. The van der Waals surface area contributed by atoms with E-state index in [4.69, 9.17) is 0 Å². The summed E-state index contributed by atoms with van der Waals surface area (Å²) in [6.45, 7) is 11.9. The first kappa shape index (κ1) is 12.9. The van der Waals surface area contributed by atoms with Gasteiger partial charge in [-0.25, -0.2) is 4.68 Å². The van der Waals surface area contributed by atoms with Gasteiger partial charge in [-0.3, -0.25) is 0 Å². The van der Waals surface area contributed by atoms with Gasteiger partial charge >= 0.3 is 0 Å². The average Bonchev–Trinajstić information content (AvgIpc) is 2.60. The molecular weight excluding hydrogens is 202 g/mol. The fraction of sp³-hybridized carbons (Fsp3) is 0.583. The van der Waals surface area contributed by atoms with Crippen molar-refractivity contribution in [3.8, 4) is 0 Å². The smallest absolute Gasteiger partial charge is 0.0767 e. The normalized spacial score (nSPS) is 12.8. The summed E-state index contributed by atoms with van der Waals surface area (Å²) in [6.07, 6.45) is 5.33. The first-order valence-corrected chi connectivity index (χ1v) is 5.39. The van der Waals surface area contributed by atoms with Crippen LogP contribution >= 0.6 is 0 Å². The number of aliphatic hydroxyl groups is 1. The number of nitrogens with zero attached hydrogens (tertiary/aromatic N) is 2. The van der Waals surface area contributed by atoms with Crippen molar-refractivity contribution in [2.45, 2.75) is 45.4 Å². The highest BCUT2D eigenvalue weighted by Gasteiger charge is 2.34. The summed E-state index contributed by atoms with van der Waals surface area (Å²) in [6, 6.07) is 0. The largest absolute Gasteiger partial charge is 0.389 e. The molecule has 0 bridgehead atoms. The Morgan fingerprint density at radius 1 is 1.50 bits per heavy atom. The molecular formula is C12H21N3O. The molecule has 2 N–H and O–H groups in total. The maximum Gasteiger partial charge on any atom is 0.0767 e. The van der Waals surface area contributed by atoms with Crippen LogP contribution in [0.5, 0.6) is 0 Å². The second-order valence-corrected chi connectivity index (χ2v) is 5.05. The van der Waals surface area contributed by atoms with E-state index in [-0.39, 0.29) is 5.54 Å². The van der Waals surface area contributed by atoms with Crippen molar-refractivity contribution >= 4 is 6.20 Å². The van der Waals surface area contributed by atoms with Crippen LogP contribution in [0.2, 0.25) is 0 Å². The fourth-order valence-electron chi connectivity index (χ4n) is 1.11. The third kappa shape index (κ3) is 2.93. The van der Waals surface area contributed by atoms with Crippen molar-refractivity contribution in [2.24, 2.45) is 0 Å². The second kappa shape index (κ2) is 4.39. The molecule has 1 heterocycles. The molecule has 0 atom stereocenters. The van der Waals surface area contributed by atoms with Crippen molar-refractivity contribution < 1.29 is 5.11 Å². The van der Waals surface area contributed by atoms with Crippen LogP contribution in [-0.2, 0) is 6.54 Å². The Hall–Kier alpha value is -1.13. The van der Waals surface area contributed by atoms with Crippen molar-refractivity contribution in [1.82, 2.24) is 15.1 Å². The minimum absolute atomic E-state index is 0.358. The molecule has 4 heteroatoms. The Morgan fingerprint density at radius 3 is 2.56 bits per heavy atom. The van der Waals surface area contributed by atoms with E-state index >= 15 is 0 Å². The van der Waals surface area contributed by atoms with Crippen LogP contribution in [-0.4, -0.2) is 26.0 Å². The van der Waals surface area contributed by atoms with Crippen molar-refractivity contribution in [2.75, 3.05) is 0 Å². The van der Waals surface area contributed by atoms with E-state index in [0.717, 1.165) is 5.56 Å². The second-order valence-electron chi connectivity index (χ2n) is 5.05. The first-order chi connectivity index (χ1) is 7.26. The standard InChI is InChI=1S/C12H21N3O/c1-6-15-9-10(8-14-15)7-13-11(2,3)12(4,5)16/h6,8-9,13,16H,1,7H2,2-5H3. The predicted octanol–water partition coefficient (Wildman–Crippen LogP) is 1.62. The summed E-state index contributed by atoms with van der Waals surface area (Å²) >= 11 is 0. The Balaban J connectivity index is 2.61. The van der Waals surface area contributed by atoms with E-state index in [1.165, 1.54) is 0 Å². The molecule has 0 aliphatic rings. The molecule has 0 saturated carbocycles. The molecule has 90 valence electrons. The lowest BCUT2D eigenvalue weighted by molar-refractivity contribution is -0.00531. The number of hydrogen-bond acceptors (Lipinski definition) is 3. The molecule has 0 unspecified atom stereocenters. The molecule has 0 spiro atoms. The molecule has 4 nitrogen and oxygen atoms in total. The Kier molecular flexibility index (Phi) is 3.55. The molecule has 0 aromatic carbocycles. The topological polar surface area (TPSA) is 50.1 Å². The van der Waals surface area contributed by atoms with E-state index in [2.05, 4.69) is 17.0 Å². The molecule has 1 rings (SSSR count). The molecule has 0 saturated heterocycles. The quantitative estimate of drug-likeness (QED) is 0.797. The average molecular weight is 223 g/mol. The Labute approximate surface area is 97.0 Å². The number of rotatable bonds is 5. The highest BCUT2D eigenvalue weighted by molar-refractivity contribution is 5.17. The van der Waals surface area contributed by atoms with Gasteiger partial charge < -0.3 is 10.4 Å².